The molecule has 0 heterocycles. The Morgan fingerprint density at radius 2 is 1.09 bits per heavy atom. The van der Waals surface area contributed by atoms with E-state index in [1.807, 2.05) is 0 Å². The first-order valence-corrected chi connectivity index (χ1v) is 10.9. The summed E-state index contributed by atoms with van der Waals surface area (Å²) in [5.74, 6) is 0.331. The van der Waals surface area contributed by atoms with Gasteiger partial charge in [-0.25, -0.2) is 9.59 Å². The minimum absolute atomic E-state index is 0.542. The van der Waals surface area contributed by atoms with E-state index in [4.69, 9.17) is 29.2 Å². The molecule has 2 aromatic carbocycles. The maximum Gasteiger partial charge on any atom is 0.328 e. The number of hydrogen-bond donors (Lipinski definition) is 2. The Bertz CT molecular complexity index is 928. The van der Waals surface area contributed by atoms with Gasteiger partial charge in [-0.3, -0.25) is 0 Å². The van der Waals surface area contributed by atoms with Crippen molar-refractivity contribution in [2.75, 3.05) is 27.4 Å². The lowest BCUT2D eigenvalue weighted by Crippen LogP contribution is -2.02. The van der Waals surface area contributed by atoms with Gasteiger partial charge in [0.15, 0.2) is 23.0 Å². The Morgan fingerprint density at radius 3 is 1.44 bits per heavy atom. The Hall–Kier alpha value is -3.94. The quantitative estimate of drug-likeness (QED) is 0.279. The lowest BCUT2D eigenvalue weighted by molar-refractivity contribution is -0.132. The van der Waals surface area contributed by atoms with E-state index in [2.05, 4.69) is 0 Å². The highest BCUT2D eigenvalue weighted by atomic mass is 16.5. The molecule has 0 aliphatic rings. The van der Waals surface area contributed by atoms with Crippen LogP contribution in [0.5, 0.6) is 23.0 Å². The number of carboxylic acids is 2. The zero-order valence-corrected chi connectivity index (χ0v) is 19.4. The van der Waals surface area contributed by atoms with Gasteiger partial charge in [0.05, 0.1) is 27.4 Å². The van der Waals surface area contributed by atoms with Gasteiger partial charge >= 0.3 is 11.9 Å². The highest BCUT2D eigenvalue weighted by Crippen LogP contribution is 2.30. The monoisotopic (exact) mass is 470 g/mol. The van der Waals surface area contributed by atoms with Crippen molar-refractivity contribution in [3.05, 3.63) is 59.7 Å². The van der Waals surface area contributed by atoms with Gasteiger partial charge in [0, 0.05) is 12.2 Å². The number of hydrogen-bond acceptors (Lipinski definition) is 6. The van der Waals surface area contributed by atoms with Crippen LogP contribution < -0.4 is 18.9 Å². The van der Waals surface area contributed by atoms with Gasteiger partial charge in [-0.2, -0.15) is 0 Å². The first-order valence-electron chi connectivity index (χ1n) is 10.9. The Morgan fingerprint density at radius 1 is 0.676 bits per heavy atom. The van der Waals surface area contributed by atoms with Crippen LogP contribution in [0.3, 0.4) is 0 Å². The van der Waals surface area contributed by atoms with Crippen LogP contribution >= 0.6 is 0 Å². The molecule has 8 nitrogen and oxygen atoms in total. The lowest BCUT2D eigenvalue weighted by Gasteiger charge is -2.12. The SMILES string of the molecule is COc1cc(/C=C/C(=O)O)ccc1OCCCCCCOc1ccc(/C=C/C(=O)O)cc1OC. The third-order valence-corrected chi connectivity index (χ3v) is 4.77. The largest absolute Gasteiger partial charge is 0.493 e. The van der Waals surface area contributed by atoms with Crippen molar-refractivity contribution in [2.24, 2.45) is 0 Å². The molecule has 2 aromatic rings. The summed E-state index contributed by atoms with van der Waals surface area (Å²) >= 11 is 0. The summed E-state index contributed by atoms with van der Waals surface area (Å²) in [5.41, 5.74) is 1.43. The molecule has 0 amide bonds. The zero-order chi connectivity index (χ0) is 24.8. The van der Waals surface area contributed by atoms with E-state index < -0.39 is 11.9 Å². The predicted octanol–water partition coefficient (Wildman–Crippen LogP) is 4.92. The second-order valence-electron chi connectivity index (χ2n) is 7.27. The Kier molecular flexibility index (Phi) is 11.0. The van der Waals surface area contributed by atoms with Crippen molar-refractivity contribution in [2.45, 2.75) is 25.7 Å². The molecule has 0 fully saturated rings. The van der Waals surface area contributed by atoms with Crippen molar-refractivity contribution < 1.29 is 38.7 Å². The predicted molar refractivity (Wildman–Crippen MR) is 129 cm³/mol. The summed E-state index contributed by atoms with van der Waals surface area (Å²) in [4.78, 5) is 21.3. The number of carbonyl (C=O) groups is 2. The van der Waals surface area contributed by atoms with Gasteiger partial charge in [-0.1, -0.05) is 12.1 Å². The molecule has 2 N–H and O–H groups in total. The Balaban J connectivity index is 1.69. The highest BCUT2D eigenvalue weighted by Gasteiger charge is 2.07. The normalized spacial score (nSPS) is 11.0. The highest BCUT2D eigenvalue weighted by molar-refractivity contribution is 5.86. The molecule has 0 radical (unpaired) electrons. The number of aliphatic carboxylic acids is 2. The number of benzene rings is 2. The number of methoxy groups -OCH3 is 2. The van der Waals surface area contributed by atoms with Gasteiger partial charge < -0.3 is 29.2 Å². The van der Waals surface area contributed by atoms with Crippen LogP contribution in [0.15, 0.2) is 48.6 Å². The van der Waals surface area contributed by atoms with Crippen LogP contribution in [0, 0.1) is 0 Å². The van der Waals surface area contributed by atoms with Crippen molar-refractivity contribution in [1.82, 2.24) is 0 Å². The topological polar surface area (TPSA) is 112 Å². The number of carboxylic acid groups (broad SMARTS) is 2. The molecule has 0 bridgehead atoms. The van der Waals surface area contributed by atoms with Crippen molar-refractivity contribution in [1.29, 1.82) is 0 Å². The molecule has 0 spiro atoms. The van der Waals surface area contributed by atoms with Crippen molar-refractivity contribution in [3.8, 4) is 23.0 Å². The molecule has 0 saturated carbocycles. The van der Waals surface area contributed by atoms with Crippen LogP contribution in [0.2, 0.25) is 0 Å². The third kappa shape index (κ3) is 9.28. The molecular formula is C26H30O8. The van der Waals surface area contributed by atoms with E-state index in [0.29, 0.717) is 36.2 Å². The van der Waals surface area contributed by atoms with E-state index >= 15 is 0 Å². The van der Waals surface area contributed by atoms with E-state index in [0.717, 1.165) is 49.0 Å². The van der Waals surface area contributed by atoms with Crippen LogP contribution in [0.4, 0.5) is 0 Å². The number of ether oxygens (including phenoxy) is 4. The van der Waals surface area contributed by atoms with E-state index in [1.165, 1.54) is 12.2 Å². The zero-order valence-electron chi connectivity index (χ0n) is 19.4. The van der Waals surface area contributed by atoms with Crippen molar-refractivity contribution in [3.63, 3.8) is 0 Å². The fourth-order valence-corrected chi connectivity index (χ4v) is 3.07. The summed E-state index contributed by atoms with van der Waals surface area (Å²) in [7, 11) is 3.09. The summed E-state index contributed by atoms with van der Waals surface area (Å²) in [6, 6.07) is 10.6. The smallest absolute Gasteiger partial charge is 0.328 e. The molecular weight excluding hydrogens is 440 g/mol. The molecule has 0 aliphatic carbocycles. The standard InChI is InChI=1S/C26H30O8/c1-31-23-17-19(9-13-25(27)28)7-11-21(23)33-15-5-3-4-6-16-34-22-12-8-20(10-14-26(29)30)18-24(22)32-2/h7-14,17-18H,3-6,15-16H2,1-2H3,(H,27,28)(H,29,30)/b13-9+,14-10+. The third-order valence-electron chi connectivity index (χ3n) is 4.77. The van der Waals surface area contributed by atoms with Crippen molar-refractivity contribution >= 4 is 24.1 Å². The molecule has 0 aliphatic heterocycles. The van der Waals surface area contributed by atoms with Crippen LogP contribution in [0.1, 0.15) is 36.8 Å². The van der Waals surface area contributed by atoms with Gasteiger partial charge in [0.25, 0.3) is 0 Å². The molecule has 0 atom stereocenters. The molecule has 8 heteroatoms. The summed E-state index contributed by atoms with van der Waals surface area (Å²) in [6.45, 7) is 1.08. The van der Waals surface area contributed by atoms with Gasteiger partial charge in [-0.15, -0.1) is 0 Å². The maximum atomic E-state index is 10.6. The second-order valence-corrected chi connectivity index (χ2v) is 7.27. The molecule has 0 saturated heterocycles. The van der Waals surface area contributed by atoms with Gasteiger partial charge in [0.2, 0.25) is 0 Å². The lowest BCUT2D eigenvalue weighted by atomic mass is 10.2. The minimum Gasteiger partial charge on any atom is -0.493 e. The minimum atomic E-state index is -1.01. The molecule has 2 rings (SSSR count). The average molecular weight is 471 g/mol. The van der Waals surface area contributed by atoms with Gasteiger partial charge in [0.1, 0.15) is 0 Å². The average Bonchev–Trinajstić information content (AvgIpc) is 2.83. The molecule has 182 valence electrons. The van der Waals surface area contributed by atoms with Crippen LogP contribution in [-0.2, 0) is 9.59 Å². The summed E-state index contributed by atoms with van der Waals surface area (Å²) < 4.78 is 22.3. The second kappa shape index (κ2) is 14.3. The number of rotatable bonds is 15. The van der Waals surface area contributed by atoms with E-state index in [1.54, 1.807) is 50.6 Å². The van der Waals surface area contributed by atoms with Crippen LogP contribution in [-0.4, -0.2) is 49.6 Å². The molecule has 0 unspecified atom stereocenters. The summed E-state index contributed by atoms with van der Waals surface area (Å²) in [6.07, 6.45) is 8.83. The summed E-state index contributed by atoms with van der Waals surface area (Å²) in [5, 5.41) is 17.5. The molecule has 0 aromatic heterocycles. The number of unbranched alkanes of at least 4 members (excludes halogenated alkanes) is 3. The fourth-order valence-electron chi connectivity index (χ4n) is 3.07. The van der Waals surface area contributed by atoms with Crippen LogP contribution in [0.25, 0.3) is 12.2 Å². The maximum absolute atomic E-state index is 10.6. The van der Waals surface area contributed by atoms with Gasteiger partial charge in [-0.05, 0) is 73.2 Å². The Labute approximate surface area is 199 Å². The van der Waals surface area contributed by atoms with E-state index in [9.17, 15) is 9.59 Å². The van der Waals surface area contributed by atoms with E-state index in [-0.39, 0.29) is 0 Å². The fraction of sp³-hybridized carbons (Fsp3) is 0.308. The molecule has 34 heavy (non-hydrogen) atoms. The first kappa shape index (κ1) is 26.3. The first-order chi connectivity index (χ1) is 16.4.